The van der Waals surface area contributed by atoms with Crippen LogP contribution in [0.25, 0.3) is 0 Å². The maximum absolute atomic E-state index is 11.7. The van der Waals surface area contributed by atoms with E-state index in [2.05, 4.69) is 19.2 Å². The molecule has 0 spiro atoms. The third kappa shape index (κ3) is 6.55. The first-order valence-electron chi connectivity index (χ1n) is 8.13. The molecule has 0 aliphatic carbocycles. The highest BCUT2D eigenvalue weighted by atomic mass is 32.2. The Labute approximate surface area is 125 Å². The van der Waals surface area contributed by atoms with E-state index in [0.29, 0.717) is 18.4 Å². The molecule has 0 aromatic carbocycles. The molecule has 4 nitrogen and oxygen atoms in total. The Bertz CT molecular complexity index is 357. The minimum Gasteiger partial charge on any atom is -0.316 e. The Morgan fingerprint density at radius 3 is 2.65 bits per heavy atom. The van der Waals surface area contributed by atoms with Crippen LogP contribution in [0.15, 0.2) is 0 Å². The molecule has 0 aromatic rings. The van der Waals surface area contributed by atoms with Gasteiger partial charge in [-0.25, -0.2) is 12.7 Å². The van der Waals surface area contributed by atoms with E-state index in [-0.39, 0.29) is 0 Å². The average molecular weight is 304 g/mol. The summed E-state index contributed by atoms with van der Waals surface area (Å²) in [4.78, 5) is 0. The van der Waals surface area contributed by atoms with Gasteiger partial charge in [0.2, 0.25) is 10.0 Å². The van der Waals surface area contributed by atoms with Gasteiger partial charge in [-0.05, 0) is 57.0 Å². The van der Waals surface area contributed by atoms with Gasteiger partial charge in [-0.2, -0.15) is 0 Å². The summed E-state index contributed by atoms with van der Waals surface area (Å²) < 4.78 is 25.0. The van der Waals surface area contributed by atoms with Gasteiger partial charge >= 0.3 is 0 Å². The van der Waals surface area contributed by atoms with Crippen LogP contribution in [0.5, 0.6) is 0 Å². The van der Waals surface area contributed by atoms with Crippen LogP contribution in [0.1, 0.15) is 52.4 Å². The maximum Gasteiger partial charge on any atom is 0.211 e. The fraction of sp³-hybridized carbons (Fsp3) is 1.00. The zero-order valence-corrected chi connectivity index (χ0v) is 14.2. The van der Waals surface area contributed by atoms with E-state index in [1.807, 2.05) is 0 Å². The second-order valence-corrected chi connectivity index (χ2v) is 8.21. The van der Waals surface area contributed by atoms with Crippen molar-refractivity contribution in [2.24, 2.45) is 11.8 Å². The summed E-state index contributed by atoms with van der Waals surface area (Å²) in [5, 5.41) is 3.52. The molecule has 20 heavy (non-hydrogen) atoms. The van der Waals surface area contributed by atoms with E-state index in [1.54, 1.807) is 4.31 Å². The van der Waals surface area contributed by atoms with Gasteiger partial charge in [0.25, 0.3) is 0 Å². The molecular formula is C15H32N2O2S. The van der Waals surface area contributed by atoms with Gasteiger partial charge in [0.05, 0.1) is 6.26 Å². The first-order chi connectivity index (χ1) is 9.47. The molecule has 0 amide bonds. The molecule has 5 heteroatoms. The van der Waals surface area contributed by atoms with Gasteiger partial charge in [0.1, 0.15) is 0 Å². The summed E-state index contributed by atoms with van der Waals surface area (Å²) in [6, 6.07) is 0. The molecular weight excluding hydrogens is 272 g/mol. The topological polar surface area (TPSA) is 49.4 Å². The van der Waals surface area contributed by atoms with Crippen LogP contribution >= 0.6 is 0 Å². The molecule has 2 atom stereocenters. The Kier molecular flexibility index (Phi) is 8.07. The van der Waals surface area contributed by atoms with Crippen molar-refractivity contribution in [2.45, 2.75) is 52.4 Å². The van der Waals surface area contributed by atoms with E-state index in [9.17, 15) is 8.42 Å². The second-order valence-electron chi connectivity index (χ2n) is 6.22. The van der Waals surface area contributed by atoms with Gasteiger partial charge in [-0.3, -0.25) is 0 Å². The van der Waals surface area contributed by atoms with Crippen LogP contribution in [0.2, 0.25) is 0 Å². The molecule has 2 unspecified atom stereocenters. The van der Waals surface area contributed by atoms with Gasteiger partial charge in [-0.1, -0.05) is 20.3 Å². The fourth-order valence-corrected chi connectivity index (χ4v) is 4.13. The lowest BCUT2D eigenvalue weighted by atomic mass is 9.86. The van der Waals surface area contributed by atoms with Crippen molar-refractivity contribution in [1.82, 2.24) is 9.62 Å². The van der Waals surface area contributed by atoms with Crippen LogP contribution < -0.4 is 5.32 Å². The first kappa shape index (κ1) is 17.9. The highest BCUT2D eigenvalue weighted by molar-refractivity contribution is 7.88. The average Bonchev–Trinajstić information content (AvgIpc) is 2.38. The van der Waals surface area contributed by atoms with Crippen molar-refractivity contribution in [3.63, 3.8) is 0 Å². The van der Waals surface area contributed by atoms with Gasteiger partial charge in [0, 0.05) is 13.1 Å². The molecule has 1 aliphatic heterocycles. The molecule has 1 heterocycles. The highest BCUT2D eigenvalue weighted by Gasteiger charge is 2.27. The minimum absolute atomic E-state index is 0.540. The molecule has 0 radical (unpaired) electrons. The largest absolute Gasteiger partial charge is 0.316 e. The van der Waals surface area contributed by atoms with Crippen LogP contribution in [0.3, 0.4) is 0 Å². The Hall–Kier alpha value is -0.130. The summed E-state index contributed by atoms with van der Waals surface area (Å²) in [5.41, 5.74) is 0. The first-order valence-corrected chi connectivity index (χ1v) is 9.98. The predicted octanol–water partition coefficient (Wildman–Crippen LogP) is 2.46. The maximum atomic E-state index is 11.7. The molecule has 1 N–H and O–H groups in total. The van der Waals surface area contributed by atoms with E-state index < -0.39 is 10.0 Å². The lowest BCUT2D eigenvalue weighted by Gasteiger charge is -2.33. The fourth-order valence-electron chi connectivity index (χ4n) is 3.19. The van der Waals surface area contributed by atoms with Gasteiger partial charge < -0.3 is 5.32 Å². The van der Waals surface area contributed by atoms with Crippen molar-refractivity contribution in [3.8, 4) is 0 Å². The van der Waals surface area contributed by atoms with Crippen molar-refractivity contribution < 1.29 is 8.42 Å². The zero-order valence-electron chi connectivity index (χ0n) is 13.4. The molecule has 0 aromatic heterocycles. The molecule has 120 valence electrons. The molecule has 1 fully saturated rings. The lowest BCUT2D eigenvalue weighted by Crippen LogP contribution is -2.40. The number of rotatable bonds is 9. The smallest absolute Gasteiger partial charge is 0.211 e. The summed E-state index contributed by atoms with van der Waals surface area (Å²) >= 11 is 0. The van der Waals surface area contributed by atoms with Crippen LogP contribution in [-0.2, 0) is 10.0 Å². The molecule has 0 saturated carbocycles. The van der Waals surface area contributed by atoms with Crippen molar-refractivity contribution in [2.75, 3.05) is 32.4 Å². The van der Waals surface area contributed by atoms with Gasteiger partial charge in [0.15, 0.2) is 0 Å². The van der Waals surface area contributed by atoms with E-state index >= 15 is 0 Å². The van der Waals surface area contributed by atoms with Crippen molar-refractivity contribution in [3.05, 3.63) is 0 Å². The molecule has 1 saturated heterocycles. The number of nitrogens with one attached hydrogen (secondary N) is 1. The lowest BCUT2D eigenvalue weighted by molar-refractivity contribution is 0.223. The molecule has 1 rings (SSSR count). The van der Waals surface area contributed by atoms with Gasteiger partial charge in [-0.15, -0.1) is 0 Å². The SMILES string of the molecule is CCCNCC(CCC)CC1CCCN(S(C)(=O)=O)C1. The summed E-state index contributed by atoms with van der Waals surface area (Å²) in [5.74, 6) is 1.23. The van der Waals surface area contributed by atoms with E-state index in [4.69, 9.17) is 0 Å². The van der Waals surface area contributed by atoms with Crippen molar-refractivity contribution in [1.29, 1.82) is 0 Å². The van der Waals surface area contributed by atoms with Crippen LogP contribution in [-0.4, -0.2) is 45.2 Å². The summed E-state index contributed by atoms with van der Waals surface area (Å²) in [6.07, 6.45) is 8.31. The Balaban J connectivity index is 2.46. The summed E-state index contributed by atoms with van der Waals surface area (Å²) in [7, 11) is -3.01. The zero-order chi connectivity index (χ0) is 15.0. The van der Waals surface area contributed by atoms with E-state index in [1.165, 1.54) is 31.9 Å². The third-order valence-corrected chi connectivity index (χ3v) is 5.44. The standard InChI is InChI=1S/C15H32N2O2S/c1-4-7-14(12-16-9-5-2)11-15-8-6-10-17(13-15)20(3,18)19/h14-16H,4-13H2,1-3H3. The predicted molar refractivity (Wildman–Crippen MR) is 85.3 cm³/mol. The number of hydrogen-bond acceptors (Lipinski definition) is 3. The number of sulfonamides is 1. The Morgan fingerprint density at radius 1 is 1.30 bits per heavy atom. The quantitative estimate of drug-likeness (QED) is 0.666. The van der Waals surface area contributed by atoms with Crippen LogP contribution in [0.4, 0.5) is 0 Å². The third-order valence-electron chi connectivity index (χ3n) is 4.17. The highest BCUT2D eigenvalue weighted by Crippen LogP contribution is 2.26. The summed E-state index contributed by atoms with van der Waals surface area (Å²) in [6.45, 7) is 8.02. The molecule has 1 aliphatic rings. The Morgan fingerprint density at radius 2 is 2.05 bits per heavy atom. The minimum atomic E-state index is -3.01. The number of nitrogens with zero attached hydrogens (tertiary/aromatic N) is 1. The normalized spacial score (nSPS) is 22.9. The number of hydrogen-bond donors (Lipinski definition) is 1. The second kappa shape index (κ2) is 9.00. The van der Waals surface area contributed by atoms with Crippen LogP contribution in [0, 0.1) is 11.8 Å². The molecule has 0 bridgehead atoms. The van der Waals surface area contributed by atoms with E-state index in [0.717, 1.165) is 32.5 Å². The van der Waals surface area contributed by atoms with Crippen molar-refractivity contribution >= 4 is 10.0 Å². The monoisotopic (exact) mass is 304 g/mol. The number of piperidine rings is 1.